The van der Waals surface area contributed by atoms with Crippen molar-refractivity contribution in [2.75, 3.05) is 5.32 Å². The second kappa shape index (κ2) is 6.40. The predicted molar refractivity (Wildman–Crippen MR) is 90.0 cm³/mol. The molecule has 0 heterocycles. The molecule has 0 spiro atoms. The molecule has 2 aromatic carbocycles. The lowest BCUT2D eigenvalue weighted by Crippen LogP contribution is -2.13. The summed E-state index contributed by atoms with van der Waals surface area (Å²) in [5.74, 6) is -0.351. The van der Waals surface area contributed by atoms with E-state index in [0.29, 0.717) is 21.8 Å². The molecule has 5 nitrogen and oxygen atoms in total. The summed E-state index contributed by atoms with van der Waals surface area (Å²) in [6.45, 7) is 1.69. The minimum atomic E-state index is -0.477. The summed E-state index contributed by atoms with van der Waals surface area (Å²) in [6, 6.07) is 9.40. The van der Waals surface area contributed by atoms with Gasteiger partial charge < -0.3 is 5.32 Å². The molecule has 1 N–H and O–H groups in total. The van der Waals surface area contributed by atoms with Crippen molar-refractivity contribution in [2.24, 2.45) is 0 Å². The number of amides is 1. The highest BCUT2D eigenvalue weighted by Crippen LogP contribution is 2.24. The van der Waals surface area contributed by atoms with Gasteiger partial charge in [0.15, 0.2) is 0 Å². The van der Waals surface area contributed by atoms with Gasteiger partial charge in [-0.25, -0.2) is 0 Å². The third kappa shape index (κ3) is 3.70. The van der Waals surface area contributed by atoms with Crippen molar-refractivity contribution in [1.29, 1.82) is 0 Å². The van der Waals surface area contributed by atoms with Gasteiger partial charge in [-0.1, -0.05) is 11.6 Å². The fourth-order valence-electron chi connectivity index (χ4n) is 1.76. The average Bonchev–Trinajstić information content (AvgIpc) is 2.43. The molecule has 0 saturated heterocycles. The Labute approximate surface area is 139 Å². The Bertz CT molecular complexity index is 734. The van der Waals surface area contributed by atoms with Crippen LogP contribution in [0.15, 0.2) is 36.4 Å². The van der Waals surface area contributed by atoms with Crippen LogP contribution in [0.4, 0.5) is 11.4 Å². The van der Waals surface area contributed by atoms with Crippen LogP contribution in [0.1, 0.15) is 15.9 Å². The molecule has 0 aromatic heterocycles. The number of benzene rings is 2. The first-order valence-electron chi connectivity index (χ1n) is 5.90. The number of nitrogens with zero attached hydrogens (tertiary/aromatic N) is 1. The number of hydrogen-bond donors (Lipinski definition) is 1. The molecule has 7 heteroatoms. The van der Waals surface area contributed by atoms with Crippen LogP contribution in [0.3, 0.4) is 0 Å². The molecular formula is C14H10ClIN2O3. The van der Waals surface area contributed by atoms with Gasteiger partial charge in [0.1, 0.15) is 0 Å². The number of hydrogen-bond acceptors (Lipinski definition) is 3. The second-order valence-electron chi connectivity index (χ2n) is 4.33. The Morgan fingerprint density at radius 2 is 2.00 bits per heavy atom. The first kappa shape index (κ1) is 15.7. The normalized spacial score (nSPS) is 10.2. The first-order chi connectivity index (χ1) is 9.88. The van der Waals surface area contributed by atoms with Gasteiger partial charge in [0.05, 0.1) is 15.5 Å². The van der Waals surface area contributed by atoms with E-state index in [1.807, 2.05) is 0 Å². The van der Waals surface area contributed by atoms with Gasteiger partial charge in [0.25, 0.3) is 11.6 Å². The van der Waals surface area contributed by atoms with Crippen LogP contribution in [-0.2, 0) is 0 Å². The maximum absolute atomic E-state index is 12.2. The summed E-state index contributed by atoms with van der Waals surface area (Å²) in [7, 11) is 0. The summed E-state index contributed by atoms with van der Waals surface area (Å²) in [4.78, 5) is 22.4. The zero-order valence-electron chi connectivity index (χ0n) is 10.9. The van der Waals surface area contributed by atoms with E-state index in [-0.39, 0.29) is 11.6 Å². The van der Waals surface area contributed by atoms with E-state index in [0.717, 1.165) is 3.57 Å². The Hall–Kier alpha value is -1.67. The number of nitro groups is 1. The molecule has 2 aromatic rings. The fraction of sp³-hybridized carbons (Fsp3) is 0.0714. The molecule has 0 aliphatic heterocycles. The van der Waals surface area contributed by atoms with Crippen LogP contribution in [-0.4, -0.2) is 10.8 Å². The Kier molecular flexibility index (Phi) is 4.79. The Morgan fingerprint density at radius 3 is 2.62 bits per heavy atom. The predicted octanol–water partition coefficient (Wildman–Crippen LogP) is 4.41. The van der Waals surface area contributed by atoms with Crippen LogP contribution in [0.5, 0.6) is 0 Å². The lowest BCUT2D eigenvalue weighted by atomic mass is 10.1. The van der Waals surface area contributed by atoms with Crippen LogP contribution in [0.25, 0.3) is 0 Å². The van der Waals surface area contributed by atoms with E-state index in [1.54, 1.807) is 25.1 Å². The molecule has 0 aliphatic carbocycles. The van der Waals surface area contributed by atoms with Crippen molar-refractivity contribution >= 4 is 51.5 Å². The summed E-state index contributed by atoms with van der Waals surface area (Å²) in [6.07, 6.45) is 0. The number of carbonyl (C=O) groups is 1. The van der Waals surface area contributed by atoms with E-state index in [1.165, 1.54) is 18.2 Å². The molecule has 0 fully saturated rings. The maximum Gasteiger partial charge on any atom is 0.269 e. The minimum Gasteiger partial charge on any atom is -0.322 e. The average molecular weight is 417 g/mol. The number of rotatable bonds is 3. The van der Waals surface area contributed by atoms with Gasteiger partial charge in [-0.15, -0.1) is 0 Å². The van der Waals surface area contributed by atoms with Gasteiger partial charge >= 0.3 is 0 Å². The molecule has 2 rings (SSSR count). The van der Waals surface area contributed by atoms with Gasteiger partial charge in [-0.2, -0.15) is 0 Å². The maximum atomic E-state index is 12.2. The van der Waals surface area contributed by atoms with Crippen molar-refractivity contribution in [2.45, 2.75) is 6.92 Å². The lowest BCUT2D eigenvalue weighted by Gasteiger charge is -2.09. The number of nitro benzene ring substituents is 1. The van der Waals surface area contributed by atoms with Gasteiger partial charge in [0.2, 0.25) is 0 Å². The minimum absolute atomic E-state index is 0.0159. The highest BCUT2D eigenvalue weighted by molar-refractivity contribution is 14.1. The van der Waals surface area contributed by atoms with E-state index in [4.69, 9.17) is 11.6 Å². The zero-order chi connectivity index (χ0) is 15.6. The van der Waals surface area contributed by atoms with Crippen molar-refractivity contribution in [3.63, 3.8) is 0 Å². The molecule has 0 atom stereocenters. The number of aryl methyl sites for hydroxylation is 1. The quantitative estimate of drug-likeness (QED) is 0.457. The topological polar surface area (TPSA) is 72.2 Å². The summed E-state index contributed by atoms with van der Waals surface area (Å²) in [5, 5.41) is 13.8. The molecule has 1 amide bonds. The van der Waals surface area contributed by atoms with E-state index in [9.17, 15) is 14.9 Å². The molecule has 0 saturated carbocycles. The molecule has 108 valence electrons. The molecule has 21 heavy (non-hydrogen) atoms. The fourth-order valence-corrected chi connectivity index (χ4v) is 2.46. The largest absolute Gasteiger partial charge is 0.322 e. The standard InChI is InChI=1S/C14H10ClIN2O3/c1-8-6-10(18(20)21)3-5-13(8)17-14(19)11-7-9(16)2-4-12(11)15/h2-7H,1H3,(H,17,19). The number of anilines is 1. The smallest absolute Gasteiger partial charge is 0.269 e. The second-order valence-corrected chi connectivity index (χ2v) is 5.99. The number of halogens is 2. The summed E-state index contributed by atoms with van der Waals surface area (Å²) < 4.78 is 0.891. The van der Waals surface area contributed by atoms with Crippen molar-refractivity contribution < 1.29 is 9.72 Å². The van der Waals surface area contributed by atoms with E-state index < -0.39 is 4.92 Å². The van der Waals surface area contributed by atoms with Gasteiger partial charge in [-0.05, 0) is 59.3 Å². The summed E-state index contributed by atoms with van der Waals surface area (Å²) in [5.41, 5.74) is 1.47. The van der Waals surface area contributed by atoms with Gasteiger partial charge in [0, 0.05) is 21.4 Å². The summed E-state index contributed by atoms with van der Waals surface area (Å²) >= 11 is 8.10. The SMILES string of the molecule is Cc1cc([N+](=O)[O-])ccc1NC(=O)c1cc(I)ccc1Cl. The Balaban J connectivity index is 2.27. The molecule has 0 bridgehead atoms. The van der Waals surface area contributed by atoms with Crippen molar-refractivity contribution in [1.82, 2.24) is 0 Å². The third-order valence-electron chi connectivity index (χ3n) is 2.84. The van der Waals surface area contributed by atoms with E-state index >= 15 is 0 Å². The zero-order valence-corrected chi connectivity index (χ0v) is 13.8. The molecule has 0 aliphatic rings. The van der Waals surface area contributed by atoms with Crippen molar-refractivity contribution in [3.05, 3.63) is 66.2 Å². The molecule has 0 radical (unpaired) electrons. The number of nitrogens with one attached hydrogen (secondary N) is 1. The van der Waals surface area contributed by atoms with Crippen LogP contribution < -0.4 is 5.32 Å². The third-order valence-corrected chi connectivity index (χ3v) is 3.84. The van der Waals surface area contributed by atoms with Crippen LogP contribution in [0.2, 0.25) is 5.02 Å². The van der Waals surface area contributed by atoms with Gasteiger partial charge in [-0.3, -0.25) is 14.9 Å². The highest BCUT2D eigenvalue weighted by Gasteiger charge is 2.14. The lowest BCUT2D eigenvalue weighted by molar-refractivity contribution is -0.384. The molecule has 0 unspecified atom stereocenters. The Morgan fingerprint density at radius 1 is 1.29 bits per heavy atom. The van der Waals surface area contributed by atoms with E-state index in [2.05, 4.69) is 27.9 Å². The van der Waals surface area contributed by atoms with Crippen molar-refractivity contribution in [3.8, 4) is 0 Å². The number of carbonyl (C=O) groups excluding carboxylic acids is 1. The van der Waals surface area contributed by atoms with Crippen LogP contribution in [0, 0.1) is 20.6 Å². The molecular weight excluding hydrogens is 407 g/mol. The first-order valence-corrected chi connectivity index (χ1v) is 7.35. The highest BCUT2D eigenvalue weighted by atomic mass is 127. The van der Waals surface area contributed by atoms with Crippen LogP contribution >= 0.6 is 34.2 Å². The monoisotopic (exact) mass is 416 g/mol. The number of non-ortho nitro benzene ring substituents is 1.